The molecule has 386 valence electrons. The molecule has 15 nitrogen and oxygen atoms in total. The summed E-state index contributed by atoms with van der Waals surface area (Å²) in [7, 11) is 0. The average molecular weight is 945 g/mol. The first-order chi connectivity index (χ1) is 32.0. The van der Waals surface area contributed by atoms with Gasteiger partial charge in [0.15, 0.2) is 18.7 Å². The van der Waals surface area contributed by atoms with Gasteiger partial charge >= 0.3 is 11.9 Å². The van der Waals surface area contributed by atoms with Gasteiger partial charge in [-0.1, -0.05) is 160 Å². The lowest BCUT2D eigenvalue weighted by Crippen LogP contribution is -2.61. The number of allylic oxidation sites excluding steroid dienone is 4. The van der Waals surface area contributed by atoms with Crippen LogP contribution in [0.5, 0.6) is 0 Å². The first-order valence-corrected chi connectivity index (χ1v) is 25.9. The molecule has 7 N–H and O–H groups in total. The van der Waals surface area contributed by atoms with E-state index in [1.807, 2.05) is 0 Å². The van der Waals surface area contributed by atoms with Crippen molar-refractivity contribution in [1.29, 1.82) is 0 Å². The van der Waals surface area contributed by atoms with Crippen LogP contribution in [0.4, 0.5) is 0 Å². The van der Waals surface area contributed by atoms with E-state index in [4.69, 9.17) is 28.4 Å². The fourth-order valence-electron chi connectivity index (χ4n) is 8.12. The molecule has 2 rings (SSSR count). The van der Waals surface area contributed by atoms with E-state index in [2.05, 4.69) is 38.2 Å². The van der Waals surface area contributed by atoms with E-state index in [0.717, 1.165) is 51.4 Å². The summed E-state index contributed by atoms with van der Waals surface area (Å²) in [6, 6.07) is 0. The van der Waals surface area contributed by atoms with E-state index < -0.39 is 99.3 Å². The smallest absolute Gasteiger partial charge is 0.306 e. The first kappa shape index (κ1) is 60.1. The van der Waals surface area contributed by atoms with Crippen molar-refractivity contribution >= 4 is 11.9 Å². The topological polar surface area (TPSA) is 231 Å². The highest BCUT2D eigenvalue weighted by Gasteiger charge is 2.47. The van der Waals surface area contributed by atoms with E-state index in [9.17, 15) is 45.3 Å². The standard InChI is InChI=1S/C51H92O15/c1-3-5-7-9-11-12-13-14-15-16-17-18-19-20-21-22-23-24-25-26-28-29-31-33-42(53)61-36-39(64-43(54)34-32-30-27-10-8-6-4-2)37-62-50-49(60)47(58)45(56)41(66-50)38-63-51-48(59)46(57)44(55)40(35-52)65-51/h22-23,26,28,39-41,44-52,55-60H,3-21,24-25,27,29-38H2,1-2H3/b23-22+,28-26+/t39-,40+,41+,44-,45-,46?,47?,48?,49?,50+,51+/m0/s1. The lowest BCUT2D eigenvalue weighted by Gasteiger charge is -2.42. The minimum atomic E-state index is -1.77. The Kier molecular flexibility index (Phi) is 35.3. The number of rotatable bonds is 40. The van der Waals surface area contributed by atoms with Gasteiger partial charge in [-0.3, -0.25) is 9.59 Å². The number of unbranched alkanes of at least 4 members (excludes halogenated alkanes) is 22. The van der Waals surface area contributed by atoms with Gasteiger partial charge in [-0.15, -0.1) is 0 Å². The third kappa shape index (κ3) is 26.7. The normalized spacial score (nSPS) is 26.3. The molecule has 0 saturated carbocycles. The van der Waals surface area contributed by atoms with E-state index in [-0.39, 0.29) is 19.4 Å². The summed E-state index contributed by atoms with van der Waals surface area (Å²) >= 11 is 0. The van der Waals surface area contributed by atoms with Crippen LogP contribution in [-0.4, -0.2) is 142 Å². The van der Waals surface area contributed by atoms with Crippen LogP contribution in [-0.2, 0) is 38.0 Å². The Labute approximate surface area is 396 Å². The molecule has 11 atom stereocenters. The summed E-state index contributed by atoms with van der Waals surface area (Å²) in [4.78, 5) is 25.6. The quantitative estimate of drug-likeness (QED) is 0.0184. The second-order valence-corrected chi connectivity index (χ2v) is 18.3. The maximum atomic E-state index is 12.8. The maximum Gasteiger partial charge on any atom is 0.306 e. The molecular weight excluding hydrogens is 853 g/mol. The van der Waals surface area contributed by atoms with Crippen LogP contribution in [0.25, 0.3) is 0 Å². The minimum absolute atomic E-state index is 0.157. The third-order valence-corrected chi connectivity index (χ3v) is 12.4. The first-order valence-electron chi connectivity index (χ1n) is 25.9. The number of carbonyl (C=O) groups excluding carboxylic acids is 2. The summed E-state index contributed by atoms with van der Waals surface area (Å²) in [6.45, 7) is 2.50. The van der Waals surface area contributed by atoms with Crippen molar-refractivity contribution < 1.29 is 73.8 Å². The molecule has 0 aromatic carbocycles. The van der Waals surface area contributed by atoms with E-state index in [1.165, 1.54) is 96.3 Å². The summed E-state index contributed by atoms with van der Waals surface area (Å²) in [5, 5.41) is 71.8. The molecule has 4 unspecified atom stereocenters. The molecule has 2 heterocycles. The van der Waals surface area contributed by atoms with Crippen molar-refractivity contribution in [3.8, 4) is 0 Å². The number of hydrogen-bond donors (Lipinski definition) is 7. The molecule has 2 aliphatic heterocycles. The van der Waals surface area contributed by atoms with E-state index in [0.29, 0.717) is 19.3 Å². The van der Waals surface area contributed by atoms with Crippen molar-refractivity contribution in [2.45, 2.75) is 261 Å². The average Bonchev–Trinajstić information content (AvgIpc) is 3.31. The Morgan fingerprint density at radius 2 is 0.894 bits per heavy atom. The molecule has 2 fully saturated rings. The zero-order chi connectivity index (χ0) is 48.2. The van der Waals surface area contributed by atoms with E-state index in [1.54, 1.807) is 0 Å². The predicted molar refractivity (Wildman–Crippen MR) is 252 cm³/mol. The number of aliphatic hydroxyl groups excluding tert-OH is 7. The van der Waals surface area contributed by atoms with Crippen molar-refractivity contribution in [3.05, 3.63) is 24.3 Å². The maximum absolute atomic E-state index is 12.8. The lowest BCUT2D eigenvalue weighted by molar-refractivity contribution is -0.332. The number of aliphatic hydroxyl groups is 7. The molecule has 0 aliphatic carbocycles. The van der Waals surface area contributed by atoms with Gasteiger partial charge in [0.1, 0.15) is 55.4 Å². The van der Waals surface area contributed by atoms with Crippen molar-refractivity contribution in [1.82, 2.24) is 0 Å². The zero-order valence-corrected chi connectivity index (χ0v) is 40.7. The van der Waals surface area contributed by atoms with Crippen molar-refractivity contribution in [2.75, 3.05) is 26.4 Å². The zero-order valence-electron chi connectivity index (χ0n) is 40.7. The van der Waals surface area contributed by atoms with Gasteiger partial charge in [0, 0.05) is 12.8 Å². The van der Waals surface area contributed by atoms with Crippen LogP contribution >= 0.6 is 0 Å². The molecule has 0 radical (unpaired) electrons. The second-order valence-electron chi connectivity index (χ2n) is 18.3. The molecule has 0 aromatic rings. The number of hydrogen-bond acceptors (Lipinski definition) is 15. The molecule has 0 bridgehead atoms. The fraction of sp³-hybridized carbons (Fsp3) is 0.882. The largest absolute Gasteiger partial charge is 0.462 e. The van der Waals surface area contributed by atoms with Gasteiger partial charge in [0.05, 0.1) is 19.8 Å². The summed E-state index contributed by atoms with van der Waals surface area (Å²) in [5.74, 6) is -0.977. The number of carbonyl (C=O) groups is 2. The Morgan fingerprint density at radius 3 is 1.42 bits per heavy atom. The SMILES string of the molecule is CCCCCCCCCCCCCCCC/C=C/CC/C=C/CCCC(=O)OC[C@@H](CO[C@@H]1O[C@H](CO[C@@H]2O[C@H](CO)[C@H](O)C(O)C2O)[C@H](O)C(O)C1O)OC(=O)CCCCCCCCC. The number of ether oxygens (including phenoxy) is 6. The molecular formula is C51H92O15. The number of esters is 2. The fourth-order valence-corrected chi connectivity index (χ4v) is 8.12. The van der Waals surface area contributed by atoms with Crippen molar-refractivity contribution in [3.63, 3.8) is 0 Å². The predicted octanol–water partition coefficient (Wildman–Crippen LogP) is 7.16. The Hall–Kier alpha value is -2.02. The lowest BCUT2D eigenvalue weighted by atomic mass is 9.98. The molecule has 0 aromatic heterocycles. The molecule has 66 heavy (non-hydrogen) atoms. The second kappa shape index (κ2) is 38.8. The Morgan fingerprint density at radius 1 is 0.470 bits per heavy atom. The van der Waals surface area contributed by atoms with Gasteiger partial charge < -0.3 is 64.2 Å². The summed E-state index contributed by atoms with van der Waals surface area (Å²) in [6.07, 6.45) is 22.7. The highest BCUT2D eigenvalue weighted by molar-refractivity contribution is 5.70. The van der Waals surface area contributed by atoms with Gasteiger partial charge in [-0.25, -0.2) is 0 Å². The van der Waals surface area contributed by atoms with Gasteiger partial charge in [-0.2, -0.15) is 0 Å². The van der Waals surface area contributed by atoms with Crippen LogP contribution in [0.1, 0.15) is 194 Å². The Balaban J connectivity index is 1.72. The van der Waals surface area contributed by atoms with Crippen LogP contribution in [0.15, 0.2) is 24.3 Å². The Bertz CT molecular complexity index is 1250. The molecule has 15 heteroatoms. The van der Waals surface area contributed by atoms with E-state index >= 15 is 0 Å². The minimum Gasteiger partial charge on any atom is -0.462 e. The van der Waals surface area contributed by atoms with Gasteiger partial charge in [-0.05, 0) is 44.9 Å². The molecule has 2 aliphatic rings. The van der Waals surface area contributed by atoms with Crippen LogP contribution < -0.4 is 0 Å². The van der Waals surface area contributed by atoms with Crippen LogP contribution in [0.2, 0.25) is 0 Å². The molecule has 2 saturated heterocycles. The highest BCUT2D eigenvalue weighted by atomic mass is 16.7. The summed E-state index contributed by atoms with van der Waals surface area (Å²) < 4.78 is 33.4. The molecule has 0 amide bonds. The highest BCUT2D eigenvalue weighted by Crippen LogP contribution is 2.26. The monoisotopic (exact) mass is 945 g/mol. The third-order valence-electron chi connectivity index (χ3n) is 12.4. The van der Waals surface area contributed by atoms with Crippen molar-refractivity contribution in [2.24, 2.45) is 0 Å². The van der Waals surface area contributed by atoms with Crippen LogP contribution in [0.3, 0.4) is 0 Å². The molecule has 0 spiro atoms. The van der Waals surface area contributed by atoms with Gasteiger partial charge in [0.2, 0.25) is 0 Å². The summed E-state index contributed by atoms with van der Waals surface area (Å²) in [5.41, 5.74) is 0. The van der Waals surface area contributed by atoms with Gasteiger partial charge in [0.25, 0.3) is 0 Å². The van der Waals surface area contributed by atoms with Crippen LogP contribution in [0, 0.1) is 0 Å².